The van der Waals surface area contributed by atoms with Crippen molar-refractivity contribution in [2.24, 2.45) is 5.92 Å². The molecule has 10 nitrogen and oxygen atoms in total. The van der Waals surface area contributed by atoms with Gasteiger partial charge in [-0.25, -0.2) is 0 Å². The van der Waals surface area contributed by atoms with E-state index < -0.39 is 0 Å². The van der Waals surface area contributed by atoms with Crippen molar-refractivity contribution >= 4 is 23.2 Å². The highest BCUT2D eigenvalue weighted by molar-refractivity contribution is 5.95. The van der Waals surface area contributed by atoms with Crippen LogP contribution >= 0.6 is 0 Å². The second-order valence-corrected chi connectivity index (χ2v) is 7.45. The predicted molar refractivity (Wildman–Crippen MR) is 120 cm³/mol. The Labute approximate surface area is 185 Å². The second-order valence-electron chi connectivity index (χ2n) is 7.45. The van der Waals surface area contributed by atoms with Crippen LogP contribution in [0.1, 0.15) is 20.3 Å². The Morgan fingerprint density at radius 3 is 2.47 bits per heavy atom. The number of hydrogen-bond donors (Lipinski definition) is 2. The van der Waals surface area contributed by atoms with E-state index in [2.05, 4.69) is 26.0 Å². The summed E-state index contributed by atoms with van der Waals surface area (Å²) in [5, 5.41) is 17.9. The molecule has 0 unspecified atom stereocenters. The molecule has 0 radical (unpaired) electrons. The zero-order valence-corrected chi connectivity index (χ0v) is 18.5. The summed E-state index contributed by atoms with van der Waals surface area (Å²) in [6.07, 6.45) is 0.406. The van der Waals surface area contributed by atoms with Gasteiger partial charge in [-0.05, 0) is 35.4 Å². The van der Waals surface area contributed by atoms with Crippen LogP contribution in [0.15, 0.2) is 42.5 Å². The number of amides is 2. The minimum atomic E-state index is -0.351. The molecule has 0 spiro atoms. The molecule has 0 atom stereocenters. The van der Waals surface area contributed by atoms with Crippen LogP contribution in [0.25, 0.3) is 11.4 Å². The molecule has 3 aromatic rings. The molecule has 0 saturated heterocycles. The van der Waals surface area contributed by atoms with Crippen molar-refractivity contribution < 1.29 is 19.1 Å². The summed E-state index contributed by atoms with van der Waals surface area (Å²) < 4.78 is 10.4. The average molecular weight is 438 g/mol. The van der Waals surface area contributed by atoms with Gasteiger partial charge in [-0.2, -0.15) is 4.80 Å². The standard InChI is InChI=1S/C22H26N6O4/c1-14(2)11-20(29)23-17-8-6-5-7-16(17)22-25-27-28(26-22)13-21(30)24-18-10-9-15(31-3)12-19(18)32-4/h5-10,12,14H,11,13H2,1-4H3,(H,23,29)(H,24,30). The number of nitrogens with one attached hydrogen (secondary N) is 2. The lowest BCUT2D eigenvalue weighted by Crippen LogP contribution is -2.20. The SMILES string of the molecule is COc1ccc(NC(=O)Cn2nnc(-c3ccccc3NC(=O)CC(C)C)n2)c(OC)c1. The van der Waals surface area contributed by atoms with E-state index in [1.165, 1.54) is 11.9 Å². The number of ether oxygens (including phenoxy) is 2. The maximum absolute atomic E-state index is 12.5. The quantitative estimate of drug-likeness (QED) is 0.527. The van der Waals surface area contributed by atoms with Crippen LogP contribution in [0.3, 0.4) is 0 Å². The number of carbonyl (C=O) groups excluding carboxylic acids is 2. The van der Waals surface area contributed by atoms with Crippen LogP contribution in [0.2, 0.25) is 0 Å². The Morgan fingerprint density at radius 2 is 1.75 bits per heavy atom. The van der Waals surface area contributed by atoms with E-state index in [0.29, 0.717) is 40.7 Å². The van der Waals surface area contributed by atoms with Gasteiger partial charge in [0.25, 0.3) is 0 Å². The molecule has 10 heteroatoms. The van der Waals surface area contributed by atoms with Crippen molar-refractivity contribution in [3.63, 3.8) is 0 Å². The highest BCUT2D eigenvalue weighted by atomic mass is 16.5. The predicted octanol–water partition coefficient (Wildman–Crippen LogP) is 2.98. The number of aromatic nitrogens is 4. The maximum atomic E-state index is 12.5. The topological polar surface area (TPSA) is 120 Å². The van der Waals surface area contributed by atoms with Crippen molar-refractivity contribution in [3.05, 3.63) is 42.5 Å². The maximum Gasteiger partial charge on any atom is 0.248 e. The molecule has 168 valence electrons. The van der Waals surface area contributed by atoms with Crippen LogP contribution in [0.5, 0.6) is 11.5 Å². The summed E-state index contributed by atoms with van der Waals surface area (Å²) in [5.41, 5.74) is 1.70. The number of rotatable bonds is 9. The highest BCUT2D eigenvalue weighted by Gasteiger charge is 2.15. The molecular weight excluding hydrogens is 412 g/mol. The monoisotopic (exact) mass is 438 g/mol. The number of hydrogen-bond acceptors (Lipinski definition) is 7. The Hall–Kier alpha value is -3.95. The summed E-state index contributed by atoms with van der Waals surface area (Å²) in [6, 6.07) is 12.3. The number of benzene rings is 2. The van der Waals surface area contributed by atoms with Gasteiger partial charge in [0.1, 0.15) is 18.0 Å². The molecule has 0 fully saturated rings. The van der Waals surface area contributed by atoms with Crippen molar-refractivity contribution in [3.8, 4) is 22.9 Å². The first-order valence-corrected chi connectivity index (χ1v) is 10.1. The number of carbonyl (C=O) groups is 2. The lowest BCUT2D eigenvalue weighted by Gasteiger charge is -2.11. The summed E-state index contributed by atoms with van der Waals surface area (Å²) in [7, 11) is 3.06. The van der Waals surface area contributed by atoms with E-state index in [0.717, 1.165) is 0 Å². The Bertz CT molecular complexity index is 1100. The average Bonchev–Trinajstić information content (AvgIpc) is 3.21. The third-order valence-electron chi connectivity index (χ3n) is 4.46. The first-order valence-electron chi connectivity index (χ1n) is 10.1. The van der Waals surface area contributed by atoms with Crippen LogP contribution in [-0.2, 0) is 16.1 Å². The Kier molecular flexibility index (Phi) is 7.37. The first-order chi connectivity index (χ1) is 15.4. The van der Waals surface area contributed by atoms with Crippen LogP contribution in [-0.4, -0.2) is 46.2 Å². The number of methoxy groups -OCH3 is 2. The third kappa shape index (κ3) is 5.81. The fraction of sp³-hybridized carbons (Fsp3) is 0.318. The molecule has 0 aliphatic heterocycles. The molecular formula is C22H26N6O4. The molecule has 0 saturated carbocycles. The normalized spacial score (nSPS) is 10.7. The number of nitrogens with zero attached hydrogens (tertiary/aromatic N) is 4. The van der Waals surface area contributed by atoms with Gasteiger partial charge in [0.05, 0.1) is 25.6 Å². The molecule has 0 aliphatic carbocycles. The molecule has 32 heavy (non-hydrogen) atoms. The van der Waals surface area contributed by atoms with E-state index in [4.69, 9.17) is 9.47 Å². The molecule has 0 bridgehead atoms. The zero-order valence-electron chi connectivity index (χ0n) is 18.5. The Balaban J connectivity index is 1.70. The van der Waals surface area contributed by atoms with E-state index in [1.54, 1.807) is 37.4 Å². The summed E-state index contributed by atoms with van der Waals surface area (Å²) in [5.74, 6) is 1.19. The van der Waals surface area contributed by atoms with Crippen molar-refractivity contribution in [2.45, 2.75) is 26.8 Å². The smallest absolute Gasteiger partial charge is 0.248 e. The van der Waals surface area contributed by atoms with Gasteiger partial charge in [0, 0.05) is 18.1 Å². The Morgan fingerprint density at radius 1 is 1.00 bits per heavy atom. The number of para-hydroxylation sites is 1. The van der Waals surface area contributed by atoms with Gasteiger partial charge < -0.3 is 20.1 Å². The molecule has 0 aliphatic rings. The number of tetrazole rings is 1. The minimum Gasteiger partial charge on any atom is -0.497 e. The van der Waals surface area contributed by atoms with Crippen molar-refractivity contribution in [2.75, 3.05) is 24.9 Å². The minimum absolute atomic E-state index is 0.0901. The summed E-state index contributed by atoms with van der Waals surface area (Å²) in [4.78, 5) is 25.8. The summed E-state index contributed by atoms with van der Waals surface area (Å²) in [6.45, 7) is 3.81. The molecule has 3 rings (SSSR count). The first kappa shape index (κ1) is 22.7. The summed E-state index contributed by atoms with van der Waals surface area (Å²) >= 11 is 0. The van der Waals surface area contributed by atoms with Crippen LogP contribution in [0.4, 0.5) is 11.4 Å². The molecule has 1 heterocycles. The van der Waals surface area contributed by atoms with E-state index in [9.17, 15) is 9.59 Å². The van der Waals surface area contributed by atoms with Crippen molar-refractivity contribution in [1.29, 1.82) is 0 Å². The molecule has 1 aromatic heterocycles. The largest absolute Gasteiger partial charge is 0.497 e. The fourth-order valence-corrected chi connectivity index (χ4v) is 3.00. The van der Waals surface area contributed by atoms with Crippen LogP contribution in [0, 0.1) is 5.92 Å². The van der Waals surface area contributed by atoms with Crippen molar-refractivity contribution in [1.82, 2.24) is 20.2 Å². The van der Waals surface area contributed by atoms with E-state index in [1.807, 2.05) is 26.0 Å². The lowest BCUT2D eigenvalue weighted by atomic mass is 10.1. The van der Waals surface area contributed by atoms with Gasteiger partial charge >= 0.3 is 0 Å². The van der Waals surface area contributed by atoms with E-state index >= 15 is 0 Å². The van der Waals surface area contributed by atoms with E-state index in [-0.39, 0.29) is 24.3 Å². The zero-order chi connectivity index (χ0) is 23.1. The van der Waals surface area contributed by atoms with Gasteiger partial charge in [-0.1, -0.05) is 26.0 Å². The molecule has 2 N–H and O–H groups in total. The second kappa shape index (κ2) is 10.4. The highest BCUT2D eigenvalue weighted by Crippen LogP contribution is 2.29. The lowest BCUT2D eigenvalue weighted by molar-refractivity contribution is -0.117. The van der Waals surface area contributed by atoms with Gasteiger partial charge in [-0.3, -0.25) is 9.59 Å². The van der Waals surface area contributed by atoms with Crippen LogP contribution < -0.4 is 20.1 Å². The van der Waals surface area contributed by atoms with Gasteiger partial charge in [0.15, 0.2) is 0 Å². The third-order valence-corrected chi connectivity index (χ3v) is 4.46. The van der Waals surface area contributed by atoms with Gasteiger partial charge in [0.2, 0.25) is 17.6 Å². The molecule has 2 aromatic carbocycles. The molecule has 2 amide bonds. The van der Waals surface area contributed by atoms with Gasteiger partial charge in [-0.15, -0.1) is 10.2 Å². The fourth-order valence-electron chi connectivity index (χ4n) is 3.00. The number of anilines is 2.